The van der Waals surface area contributed by atoms with E-state index in [-0.39, 0.29) is 6.04 Å². The fourth-order valence-corrected chi connectivity index (χ4v) is 3.49. The molecule has 0 spiro atoms. The van der Waals surface area contributed by atoms with E-state index in [0.717, 1.165) is 24.4 Å². The maximum Gasteiger partial charge on any atom is 0.0429 e. The molecule has 4 nitrogen and oxygen atoms in total. The highest BCUT2D eigenvalue weighted by Gasteiger charge is 2.27. The molecule has 2 rings (SSSR count). The van der Waals surface area contributed by atoms with E-state index < -0.39 is 0 Å². The van der Waals surface area contributed by atoms with Gasteiger partial charge in [0, 0.05) is 48.4 Å². The van der Waals surface area contributed by atoms with Gasteiger partial charge in [-0.3, -0.25) is 16.3 Å². The van der Waals surface area contributed by atoms with Crippen molar-refractivity contribution in [2.24, 2.45) is 5.84 Å². The van der Waals surface area contributed by atoms with Crippen molar-refractivity contribution >= 4 is 11.8 Å². The molecule has 0 aromatic carbocycles. The number of pyridine rings is 1. The van der Waals surface area contributed by atoms with Gasteiger partial charge >= 0.3 is 0 Å². The first-order chi connectivity index (χ1) is 8.31. The zero-order valence-electron chi connectivity index (χ0n) is 10.2. The van der Waals surface area contributed by atoms with Crippen LogP contribution in [0.25, 0.3) is 0 Å². The normalized spacial score (nSPS) is 23.5. The van der Waals surface area contributed by atoms with Crippen molar-refractivity contribution in [3.63, 3.8) is 0 Å². The highest BCUT2D eigenvalue weighted by atomic mass is 32.2. The summed E-state index contributed by atoms with van der Waals surface area (Å²) in [5, 5.41) is 0. The molecule has 1 aromatic heterocycles. The summed E-state index contributed by atoms with van der Waals surface area (Å²) in [6.07, 6.45) is 2.72. The average molecular weight is 252 g/mol. The molecule has 0 saturated carbocycles. The van der Waals surface area contributed by atoms with E-state index in [1.54, 1.807) is 0 Å². The lowest BCUT2D eigenvalue weighted by Crippen LogP contribution is -2.55. The Kier molecular flexibility index (Phi) is 4.79. The SMILES string of the molecule is CN1CCSCC1C(Cc1ccccn1)NN. The fraction of sp³-hybridized carbons (Fsp3) is 0.583. The first-order valence-electron chi connectivity index (χ1n) is 5.95. The van der Waals surface area contributed by atoms with Crippen molar-refractivity contribution in [2.45, 2.75) is 18.5 Å². The van der Waals surface area contributed by atoms with Gasteiger partial charge < -0.3 is 4.90 Å². The molecule has 0 aliphatic carbocycles. The van der Waals surface area contributed by atoms with Gasteiger partial charge in [0.2, 0.25) is 0 Å². The quantitative estimate of drug-likeness (QED) is 0.604. The molecule has 5 heteroatoms. The Morgan fingerprint density at radius 2 is 2.53 bits per heavy atom. The molecule has 0 radical (unpaired) electrons. The summed E-state index contributed by atoms with van der Waals surface area (Å²) in [6.45, 7) is 1.13. The van der Waals surface area contributed by atoms with E-state index in [1.165, 1.54) is 5.75 Å². The van der Waals surface area contributed by atoms with Crippen LogP contribution in [-0.2, 0) is 6.42 Å². The minimum absolute atomic E-state index is 0.266. The third-order valence-electron chi connectivity index (χ3n) is 3.28. The summed E-state index contributed by atoms with van der Waals surface area (Å²) in [6, 6.07) is 6.77. The first-order valence-corrected chi connectivity index (χ1v) is 7.10. The van der Waals surface area contributed by atoms with Crippen molar-refractivity contribution in [1.82, 2.24) is 15.3 Å². The van der Waals surface area contributed by atoms with Gasteiger partial charge in [0.1, 0.15) is 0 Å². The maximum absolute atomic E-state index is 5.70. The molecule has 0 amide bonds. The molecule has 17 heavy (non-hydrogen) atoms. The van der Waals surface area contributed by atoms with Crippen LogP contribution in [0.2, 0.25) is 0 Å². The standard InChI is InChI=1S/C12H20N4S/c1-16-6-7-17-9-12(16)11(15-13)8-10-4-2-3-5-14-10/h2-5,11-12,15H,6-9,13H2,1H3. The maximum atomic E-state index is 5.70. The molecule has 94 valence electrons. The van der Waals surface area contributed by atoms with Gasteiger partial charge in [-0.05, 0) is 19.2 Å². The molecule has 1 saturated heterocycles. The Hall–Kier alpha value is -0.620. The van der Waals surface area contributed by atoms with Crippen LogP contribution in [0.1, 0.15) is 5.69 Å². The minimum atomic E-state index is 0.266. The zero-order valence-corrected chi connectivity index (χ0v) is 11.0. The summed E-state index contributed by atoms with van der Waals surface area (Å²) < 4.78 is 0. The lowest BCUT2D eigenvalue weighted by atomic mass is 10.0. The second kappa shape index (κ2) is 6.35. The second-order valence-electron chi connectivity index (χ2n) is 4.42. The number of thioether (sulfide) groups is 1. The predicted octanol–water partition coefficient (Wildman–Crippen LogP) is 0.503. The van der Waals surface area contributed by atoms with E-state index >= 15 is 0 Å². The summed E-state index contributed by atoms with van der Waals surface area (Å²) in [5.74, 6) is 8.05. The lowest BCUT2D eigenvalue weighted by Gasteiger charge is -2.37. The summed E-state index contributed by atoms with van der Waals surface area (Å²) in [7, 11) is 2.17. The number of nitrogens with two attached hydrogens (primary N) is 1. The number of aromatic nitrogens is 1. The van der Waals surface area contributed by atoms with Crippen molar-refractivity contribution in [1.29, 1.82) is 0 Å². The van der Waals surface area contributed by atoms with Crippen molar-refractivity contribution < 1.29 is 0 Å². The Morgan fingerprint density at radius 1 is 1.65 bits per heavy atom. The molecule has 0 bridgehead atoms. The van der Waals surface area contributed by atoms with Crippen LogP contribution in [0.4, 0.5) is 0 Å². The van der Waals surface area contributed by atoms with Crippen molar-refractivity contribution in [3.8, 4) is 0 Å². The molecular formula is C12H20N4S. The van der Waals surface area contributed by atoms with Crippen LogP contribution in [-0.4, -0.2) is 47.1 Å². The van der Waals surface area contributed by atoms with E-state index in [9.17, 15) is 0 Å². The Labute approximate surface area is 107 Å². The first kappa shape index (κ1) is 12.8. The van der Waals surface area contributed by atoms with Gasteiger partial charge in [0.05, 0.1) is 0 Å². The summed E-state index contributed by atoms with van der Waals surface area (Å²) in [5.41, 5.74) is 4.05. The molecule has 1 aromatic rings. The van der Waals surface area contributed by atoms with Crippen molar-refractivity contribution in [3.05, 3.63) is 30.1 Å². The zero-order chi connectivity index (χ0) is 12.1. The smallest absolute Gasteiger partial charge is 0.0429 e. The van der Waals surface area contributed by atoms with Gasteiger partial charge in [0.15, 0.2) is 0 Å². The highest BCUT2D eigenvalue weighted by Crippen LogP contribution is 2.18. The third kappa shape index (κ3) is 3.42. The average Bonchev–Trinajstić information content (AvgIpc) is 2.38. The third-order valence-corrected chi connectivity index (χ3v) is 4.33. The van der Waals surface area contributed by atoms with E-state index in [4.69, 9.17) is 5.84 Å². The lowest BCUT2D eigenvalue weighted by molar-refractivity contribution is 0.213. The van der Waals surface area contributed by atoms with Crippen LogP contribution in [0.15, 0.2) is 24.4 Å². The molecule has 1 aliphatic rings. The highest BCUT2D eigenvalue weighted by molar-refractivity contribution is 7.99. The van der Waals surface area contributed by atoms with Crippen molar-refractivity contribution in [2.75, 3.05) is 25.1 Å². The van der Waals surface area contributed by atoms with Gasteiger partial charge in [-0.2, -0.15) is 11.8 Å². The van der Waals surface area contributed by atoms with Gasteiger partial charge in [-0.1, -0.05) is 6.07 Å². The summed E-state index contributed by atoms with van der Waals surface area (Å²) >= 11 is 2.00. The largest absolute Gasteiger partial charge is 0.300 e. The second-order valence-corrected chi connectivity index (χ2v) is 5.57. The topological polar surface area (TPSA) is 54.2 Å². The van der Waals surface area contributed by atoms with Gasteiger partial charge in [-0.25, -0.2) is 0 Å². The van der Waals surface area contributed by atoms with Gasteiger partial charge in [0.25, 0.3) is 0 Å². The molecule has 2 unspecified atom stereocenters. The molecule has 1 fully saturated rings. The number of hydrogen-bond donors (Lipinski definition) is 2. The van der Waals surface area contributed by atoms with Gasteiger partial charge in [-0.15, -0.1) is 0 Å². The van der Waals surface area contributed by atoms with Crippen LogP contribution >= 0.6 is 11.8 Å². The fourth-order valence-electron chi connectivity index (χ4n) is 2.18. The Bertz CT molecular complexity index is 333. The number of likely N-dealkylation sites (N-methyl/N-ethyl adjacent to an activating group) is 1. The van der Waals surface area contributed by atoms with Crippen LogP contribution < -0.4 is 11.3 Å². The molecule has 3 N–H and O–H groups in total. The molecule has 1 aliphatic heterocycles. The predicted molar refractivity (Wildman–Crippen MR) is 72.8 cm³/mol. The van der Waals surface area contributed by atoms with Crippen LogP contribution in [0, 0.1) is 0 Å². The number of rotatable bonds is 4. The molecular weight excluding hydrogens is 232 g/mol. The Balaban J connectivity index is 2.00. The van der Waals surface area contributed by atoms with Crippen LogP contribution in [0.5, 0.6) is 0 Å². The number of hydrazine groups is 1. The number of hydrogen-bond acceptors (Lipinski definition) is 5. The number of nitrogens with one attached hydrogen (secondary N) is 1. The minimum Gasteiger partial charge on any atom is -0.300 e. The summed E-state index contributed by atoms with van der Waals surface area (Å²) in [4.78, 5) is 6.76. The van der Waals surface area contributed by atoms with E-state index in [0.29, 0.717) is 6.04 Å². The van der Waals surface area contributed by atoms with E-state index in [2.05, 4.69) is 28.4 Å². The van der Waals surface area contributed by atoms with E-state index in [1.807, 2.05) is 30.1 Å². The van der Waals surface area contributed by atoms with Crippen LogP contribution in [0.3, 0.4) is 0 Å². The monoisotopic (exact) mass is 252 g/mol. The Morgan fingerprint density at radius 3 is 3.18 bits per heavy atom. The molecule has 2 heterocycles. The molecule has 2 atom stereocenters. The number of nitrogens with zero attached hydrogens (tertiary/aromatic N) is 2.